The van der Waals surface area contributed by atoms with Crippen LogP contribution in [-0.2, 0) is 9.53 Å². The van der Waals surface area contributed by atoms with Gasteiger partial charge in [-0.3, -0.25) is 9.69 Å². The first-order valence-corrected chi connectivity index (χ1v) is 11.3. The number of carbonyl (C=O) groups is 1. The van der Waals surface area contributed by atoms with Crippen LogP contribution in [0.4, 0.5) is 0 Å². The number of piperidine rings is 2. The highest BCUT2D eigenvalue weighted by Gasteiger charge is 2.30. The molecule has 1 atom stereocenters. The molecule has 1 aromatic heterocycles. The summed E-state index contributed by atoms with van der Waals surface area (Å²) in [6.07, 6.45) is 12.8. The highest BCUT2D eigenvalue weighted by Crippen LogP contribution is 2.24. The van der Waals surface area contributed by atoms with Crippen LogP contribution in [0.5, 0.6) is 0 Å². The van der Waals surface area contributed by atoms with E-state index in [2.05, 4.69) is 27.3 Å². The predicted octanol–water partition coefficient (Wildman–Crippen LogP) is 2.76. The maximum atomic E-state index is 12.5. The van der Waals surface area contributed by atoms with E-state index in [1.54, 1.807) is 6.26 Å². The SMILES string of the molecule is O=C(NCC1CCCO1)C1CCN(C2CCN(C/C=C/c3ccco3)CC2)CC1. The van der Waals surface area contributed by atoms with Gasteiger partial charge in [-0.05, 0) is 82.9 Å². The zero-order chi connectivity index (χ0) is 19.9. The molecule has 6 heteroatoms. The Kier molecular flexibility index (Phi) is 7.41. The molecule has 1 amide bonds. The monoisotopic (exact) mass is 401 g/mol. The third kappa shape index (κ3) is 5.93. The molecular weight excluding hydrogens is 366 g/mol. The standard InChI is InChI=1S/C23H35N3O3/c27-23(24-18-22-6-3-17-29-22)19-7-14-26(15-8-19)20-9-12-25(13-10-20)11-1-4-21-5-2-16-28-21/h1-2,4-5,16,19-20,22H,3,6-15,17-18H2,(H,24,27)/b4-1+. The summed E-state index contributed by atoms with van der Waals surface area (Å²) in [5, 5.41) is 3.12. The van der Waals surface area contributed by atoms with Crippen LogP contribution in [0.15, 0.2) is 28.9 Å². The molecule has 3 aliphatic heterocycles. The average molecular weight is 402 g/mol. The molecule has 1 N–H and O–H groups in total. The lowest BCUT2D eigenvalue weighted by molar-refractivity contribution is -0.127. The van der Waals surface area contributed by atoms with Gasteiger partial charge in [0.2, 0.25) is 5.91 Å². The van der Waals surface area contributed by atoms with Gasteiger partial charge < -0.3 is 19.4 Å². The molecule has 6 nitrogen and oxygen atoms in total. The lowest BCUT2D eigenvalue weighted by atomic mass is 9.92. The Morgan fingerprint density at radius 1 is 1.14 bits per heavy atom. The fourth-order valence-corrected chi connectivity index (χ4v) is 4.86. The van der Waals surface area contributed by atoms with Crippen molar-refractivity contribution in [1.29, 1.82) is 0 Å². The molecule has 3 aliphatic rings. The largest absolute Gasteiger partial charge is 0.465 e. The maximum absolute atomic E-state index is 12.5. The summed E-state index contributed by atoms with van der Waals surface area (Å²) in [4.78, 5) is 17.6. The Balaban J connectivity index is 1.12. The van der Waals surface area contributed by atoms with E-state index < -0.39 is 0 Å². The van der Waals surface area contributed by atoms with Gasteiger partial charge in [-0.15, -0.1) is 0 Å². The van der Waals surface area contributed by atoms with Crippen LogP contribution in [0.2, 0.25) is 0 Å². The second kappa shape index (κ2) is 10.4. The third-order valence-corrected chi connectivity index (χ3v) is 6.69. The van der Waals surface area contributed by atoms with Gasteiger partial charge in [0.15, 0.2) is 0 Å². The van der Waals surface area contributed by atoms with Crippen molar-refractivity contribution in [2.75, 3.05) is 45.9 Å². The fraction of sp³-hybridized carbons (Fsp3) is 0.696. The fourth-order valence-electron chi connectivity index (χ4n) is 4.86. The Labute approximate surface area is 174 Å². The van der Waals surface area contributed by atoms with Crippen LogP contribution < -0.4 is 5.32 Å². The topological polar surface area (TPSA) is 58.0 Å². The molecule has 0 aromatic carbocycles. The van der Waals surface area contributed by atoms with Crippen LogP contribution in [0.3, 0.4) is 0 Å². The number of hydrogen-bond acceptors (Lipinski definition) is 5. The van der Waals surface area contributed by atoms with Gasteiger partial charge >= 0.3 is 0 Å². The number of nitrogens with one attached hydrogen (secondary N) is 1. The molecule has 4 heterocycles. The second-order valence-corrected chi connectivity index (χ2v) is 8.64. The molecule has 1 unspecified atom stereocenters. The predicted molar refractivity (Wildman–Crippen MR) is 113 cm³/mol. The van der Waals surface area contributed by atoms with Gasteiger partial charge in [0.1, 0.15) is 5.76 Å². The van der Waals surface area contributed by atoms with Crippen LogP contribution in [0.25, 0.3) is 6.08 Å². The smallest absolute Gasteiger partial charge is 0.223 e. The summed E-state index contributed by atoms with van der Waals surface area (Å²) in [5.41, 5.74) is 0. The highest BCUT2D eigenvalue weighted by molar-refractivity contribution is 5.78. The summed E-state index contributed by atoms with van der Waals surface area (Å²) >= 11 is 0. The Morgan fingerprint density at radius 2 is 1.97 bits per heavy atom. The lowest BCUT2D eigenvalue weighted by Crippen LogP contribution is -2.49. The van der Waals surface area contributed by atoms with Crippen LogP contribution in [0, 0.1) is 5.92 Å². The zero-order valence-electron chi connectivity index (χ0n) is 17.4. The Morgan fingerprint density at radius 3 is 2.66 bits per heavy atom. The first kappa shape index (κ1) is 20.6. The average Bonchev–Trinajstić information content (AvgIpc) is 3.47. The summed E-state index contributed by atoms with van der Waals surface area (Å²) in [6.45, 7) is 6.93. The summed E-state index contributed by atoms with van der Waals surface area (Å²) in [7, 11) is 0. The molecule has 29 heavy (non-hydrogen) atoms. The second-order valence-electron chi connectivity index (χ2n) is 8.64. The first-order valence-electron chi connectivity index (χ1n) is 11.3. The molecule has 160 valence electrons. The molecule has 0 aliphatic carbocycles. The van der Waals surface area contributed by atoms with Crippen molar-refractivity contribution in [2.24, 2.45) is 5.92 Å². The minimum absolute atomic E-state index is 0.180. The zero-order valence-corrected chi connectivity index (χ0v) is 17.4. The van der Waals surface area contributed by atoms with Crippen molar-refractivity contribution in [2.45, 2.75) is 50.7 Å². The Bertz CT molecular complexity index is 638. The molecule has 4 rings (SSSR count). The van der Waals surface area contributed by atoms with E-state index in [0.29, 0.717) is 12.6 Å². The van der Waals surface area contributed by atoms with Crippen molar-refractivity contribution in [3.05, 3.63) is 30.2 Å². The van der Waals surface area contributed by atoms with Crippen LogP contribution in [0.1, 0.15) is 44.3 Å². The van der Waals surface area contributed by atoms with Crippen LogP contribution >= 0.6 is 0 Å². The molecule has 0 radical (unpaired) electrons. The number of hydrogen-bond donors (Lipinski definition) is 1. The minimum atomic E-state index is 0.180. The molecule has 0 spiro atoms. The van der Waals surface area contributed by atoms with Gasteiger partial charge in [0.25, 0.3) is 0 Å². The van der Waals surface area contributed by atoms with E-state index in [-0.39, 0.29) is 17.9 Å². The molecular formula is C23H35N3O3. The number of ether oxygens (including phenoxy) is 1. The molecule has 0 bridgehead atoms. The summed E-state index contributed by atoms with van der Waals surface area (Å²) in [5.74, 6) is 1.33. The van der Waals surface area contributed by atoms with Crippen molar-refractivity contribution >= 4 is 12.0 Å². The van der Waals surface area contributed by atoms with Crippen molar-refractivity contribution < 1.29 is 13.9 Å². The summed E-state index contributed by atoms with van der Waals surface area (Å²) < 4.78 is 10.9. The molecule has 0 saturated carbocycles. The number of nitrogens with zero attached hydrogens (tertiary/aromatic N) is 2. The maximum Gasteiger partial charge on any atom is 0.223 e. The van der Waals surface area contributed by atoms with Gasteiger partial charge in [0, 0.05) is 31.7 Å². The summed E-state index contributed by atoms with van der Waals surface area (Å²) in [6, 6.07) is 4.58. The number of rotatable bonds is 7. The quantitative estimate of drug-likeness (QED) is 0.761. The number of amides is 1. The van der Waals surface area contributed by atoms with Crippen molar-refractivity contribution in [3.8, 4) is 0 Å². The van der Waals surface area contributed by atoms with E-state index in [1.165, 1.54) is 12.8 Å². The van der Waals surface area contributed by atoms with E-state index >= 15 is 0 Å². The van der Waals surface area contributed by atoms with E-state index in [9.17, 15) is 4.79 Å². The minimum Gasteiger partial charge on any atom is -0.465 e. The highest BCUT2D eigenvalue weighted by atomic mass is 16.5. The molecule has 3 fully saturated rings. The molecule has 1 aromatic rings. The number of likely N-dealkylation sites (tertiary alicyclic amines) is 2. The van der Waals surface area contributed by atoms with Crippen molar-refractivity contribution in [1.82, 2.24) is 15.1 Å². The van der Waals surface area contributed by atoms with Gasteiger partial charge in [-0.2, -0.15) is 0 Å². The third-order valence-electron chi connectivity index (χ3n) is 6.69. The molecule has 3 saturated heterocycles. The van der Waals surface area contributed by atoms with Gasteiger partial charge in [0.05, 0.1) is 12.4 Å². The van der Waals surface area contributed by atoms with Crippen LogP contribution in [-0.4, -0.2) is 73.7 Å². The first-order chi connectivity index (χ1) is 14.3. The van der Waals surface area contributed by atoms with Gasteiger partial charge in [-0.1, -0.05) is 6.08 Å². The van der Waals surface area contributed by atoms with E-state index in [1.807, 2.05) is 12.1 Å². The van der Waals surface area contributed by atoms with Gasteiger partial charge in [-0.25, -0.2) is 0 Å². The van der Waals surface area contributed by atoms with Crippen molar-refractivity contribution in [3.63, 3.8) is 0 Å². The van der Waals surface area contributed by atoms with E-state index in [4.69, 9.17) is 9.15 Å². The van der Waals surface area contributed by atoms with E-state index in [0.717, 1.165) is 70.8 Å². The number of furan rings is 1. The number of carbonyl (C=O) groups excluding carboxylic acids is 1. The lowest BCUT2D eigenvalue weighted by Gasteiger charge is -2.41. The Hall–Kier alpha value is -1.63. The normalized spacial score (nSPS) is 25.7.